The molecule has 0 saturated carbocycles. The second-order valence-electron chi connectivity index (χ2n) is 5.57. The van der Waals surface area contributed by atoms with E-state index in [0.717, 1.165) is 19.5 Å². The van der Waals surface area contributed by atoms with Gasteiger partial charge in [0, 0.05) is 13.1 Å². The lowest BCUT2D eigenvalue weighted by Crippen LogP contribution is -2.25. The van der Waals surface area contributed by atoms with E-state index in [4.69, 9.17) is 10.3 Å². The summed E-state index contributed by atoms with van der Waals surface area (Å²) >= 11 is 0. The van der Waals surface area contributed by atoms with Crippen molar-refractivity contribution in [3.8, 4) is 0 Å². The number of nitrogens with two attached hydrogens (primary N) is 1. The van der Waals surface area contributed by atoms with Gasteiger partial charge in [0.1, 0.15) is 0 Å². The number of rotatable bonds is 4. The van der Waals surface area contributed by atoms with Crippen LogP contribution in [-0.2, 0) is 0 Å². The molecule has 0 amide bonds. The summed E-state index contributed by atoms with van der Waals surface area (Å²) in [5, 5.41) is 4.07. The van der Waals surface area contributed by atoms with Crippen LogP contribution >= 0.6 is 0 Å². The minimum absolute atomic E-state index is 0.141. The van der Waals surface area contributed by atoms with Crippen LogP contribution in [0, 0.1) is 5.92 Å². The fourth-order valence-electron chi connectivity index (χ4n) is 2.39. The third kappa shape index (κ3) is 3.45. The number of anilines is 1. The SMILES string of the molecule is CC(C)CC(N)c1nc(N2CCCCCC2)no1. The summed E-state index contributed by atoms with van der Waals surface area (Å²) in [6.45, 7) is 6.34. The van der Waals surface area contributed by atoms with E-state index in [1.807, 2.05) is 0 Å². The van der Waals surface area contributed by atoms with Crippen LogP contribution in [0.25, 0.3) is 0 Å². The lowest BCUT2D eigenvalue weighted by molar-refractivity contribution is 0.335. The van der Waals surface area contributed by atoms with Gasteiger partial charge in [-0.3, -0.25) is 0 Å². The van der Waals surface area contributed by atoms with Gasteiger partial charge >= 0.3 is 0 Å². The van der Waals surface area contributed by atoms with Gasteiger partial charge in [0.2, 0.25) is 5.89 Å². The highest BCUT2D eigenvalue weighted by Gasteiger charge is 2.19. The Morgan fingerprint density at radius 1 is 1.22 bits per heavy atom. The van der Waals surface area contributed by atoms with E-state index in [0.29, 0.717) is 17.8 Å². The first kappa shape index (κ1) is 13.3. The van der Waals surface area contributed by atoms with Gasteiger partial charge in [-0.15, -0.1) is 0 Å². The third-order valence-electron chi connectivity index (χ3n) is 3.36. The Labute approximate surface area is 109 Å². The Morgan fingerprint density at radius 3 is 2.50 bits per heavy atom. The summed E-state index contributed by atoms with van der Waals surface area (Å²) in [4.78, 5) is 6.66. The van der Waals surface area contributed by atoms with Gasteiger partial charge in [0.05, 0.1) is 6.04 Å². The zero-order valence-corrected chi connectivity index (χ0v) is 11.4. The molecule has 102 valence electrons. The van der Waals surface area contributed by atoms with Crippen molar-refractivity contribution in [2.75, 3.05) is 18.0 Å². The summed E-state index contributed by atoms with van der Waals surface area (Å²) in [7, 11) is 0. The molecular weight excluding hydrogens is 228 g/mol. The normalized spacial score (nSPS) is 19.0. The quantitative estimate of drug-likeness (QED) is 0.891. The largest absolute Gasteiger partial charge is 0.338 e. The maximum Gasteiger partial charge on any atom is 0.266 e. The van der Waals surface area contributed by atoms with Crippen LogP contribution in [0.2, 0.25) is 0 Å². The highest BCUT2D eigenvalue weighted by atomic mass is 16.5. The molecule has 2 rings (SSSR count). The molecule has 0 aromatic carbocycles. The van der Waals surface area contributed by atoms with Crippen LogP contribution in [0.5, 0.6) is 0 Å². The van der Waals surface area contributed by atoms with Crippen molar-refractivity contribution in [2.45, 2.75) is 52.0 Å². The first-order chi connectivity index (χ1) is 8.66. The highest BCUT2D eigenvalue weighted by molar-refractivity contribution is 5.27. The Balaban J connectivity index is 2.00. The van der Waals surface area contributed by atoms with Crippen LogP contribution in [0.15, 0.2) is 4.52 Å². The number of nitrogens with zero attached hydrogens (tertiary/aromatic N) is 3. The van der Waals surface area contributed by atoms with Gasteiger partial charge in [-0.1, -0.05) is 26.7 Å². The van der Waals surface area contributed by atoms with Crippen molar-refractivity contribution >= 4 is 5.95 Å². The standard InChI is InChI=1S/C13H24N4O/c1-10(2)9-11(14)12-15-13(16-18-12)17-7-5-3-4-6-8-17/h10-11H,3-9,14H2,1-2H3. The maximum atomic E-state index is 6.05. The number of aromatic nitrogens is 2. The molecule has 1 aliphatic heterocycles. The smallest absolute Gasteiger partial charge is 0.266 e. The fourth-order valence-corrected chi connectivity index (χ4v) is 2.39. The molecule has 0 radical (unpaired) electrons. The summed E-state index contributed by atoms with van der Waals surface area (Å²) in [5.74, 6) is 1.82. The molecule has 1 aromatic rings. The molecular formula is C13H24N4O. The molecule has 0 spiro atoms. The zero-order valence-electron chi connectivity index (χ0n) is 11.4. The van der Waals surface area contributed by atoms with Gasteiger partial charge in [-0.2, -0.15) is 4.98 Å². The molecule has 5 heteroatoms. The average Bonchev–Trinajstić information content (AvgIpc) is 2.65. The molecule has 1 aromatic heterocycles. The van der Waals surface area contributed by atoms with Gasteiger partial charge in [0.25, 0.3) is 5.95 Å². The predicted molar refractivity (Wildman–Crippen MR) is 71.4 cm³/mol. The molecule has 1 saturated heterocycles. The Morgan fingerprint density at radius 2 is 1.89 bits per heavy atom. The first-order valence-corrected chi connectivity index (χ1v) is 7.01. The average molecular weight is 252 g/mol. The zero-order chi connectivity index (χ0) is 13.0. The van der Waals surface area contributed by atoms with E-state index in [1.165, 1.54) is 25.7 Å². The number of hydrogen-bond acceptors (Lipinski definition) is 5. The van der Waals surface area contributed by atoms with Crippen LogP contribution in [-0.4, -0.2) is 23.2 Å². The summed E-state index contributed by atoms with van der Waals surface area (Å²) < 4.78 is 5.29. The van der Waals surface area contributed by atoms with E-state index in [9.17, 15) is 0 Å². The minimum atomic E-state index is -0.141. The van der Waals surface area contributed by atoms with Gasteiger partial charge in [0.15, 0.2) is 0 Å². The van der Waals surface area contributed by atoms with Gasteiger partial charge < -0.3 is 15.2 Å². The molecule has 5 nitrogen and oxygen atoms in total. The highest BCUT2D eigenvalue weighted by Crippen LogP contribution is 2.21. The van der Waals surface area contributed by atoms with Crippen molar-refractivity contribution in [3.05, 3.63) is 5.89 Å². The molecule has 1 unspecified atom stereocenters. The maximum absolute atomic E-state index is 6.05. The summed E-state index contributed by atoms with van der Waals surface area (Å²) in [6.07, 6.45) is 5.90. The third-order valence-corrected chi connectivity index (χ3v) is 3.36. The lowest BCUT2D eigenvalue weighted by atomic mass is 10.0. The van der Waals surface area contributed by atoms with Crippen LogP contribution < -0.4 is 10.6 Å². The van der Waals surface area contributed by atoms with E-state index >= 15 is 0 Å². The van der Waals surface area contributed by atoms with E-state index in [1.54, 1.807) is 0 Å². The second-order valence-corrected chi connectivity index (χ2v) is 5.57. The first-order valence-electron chi connectivity index (χ1n) is 7.01. The van der Waals surface area contributed by atoms with E-state index < -0.39 is 0 Å². The van der Waals surface area contributed by atoms with Crippen molar-refractivity contribution in [1.29, 1.82) is 0 Å². The molecule has 2 N–H and O–H groups in total. The molecule has 1 fully saturated rings. The van der Waals surface area contributed by atoms with Crippen LogP contribution in [0.4, 0.5) is 5.95 Å². The molecule has 2 heterocycles. The summed E-state index contributed by atoms with van der Waals surface area (Å²) in [6, 6.07) is -0.141. The van der Waals surface area contributed by atoms with Crippen LogP contribution in [0.3, 0.4) is 0 Å². The predicted octanol–water partition coefficient (Wildman–Crippen LogP) is 2.50. The van der Waals surface area contributed by atoms with Crippen molar-refractivity contribution in [3.63, 3.8) is 0 Å². The molecule has 0 bridgehead atoms. The molecule has 18 heavy (non-hydrogen) atoms. The van der Waals surface area contributed by atoms with Gasteiger partial charge in [-0.25, -0.2) is 0 Å². The number of hydrogen-bond donors (Lipinski definition) is 1. The second kappa shape index (κ2) is 6.18. The minimum Gasteiger partial charge on any atom is -0.338 e. The molecule has 1 aliphatic rings. The monoisotopic (exact) mass is 252 g/mol. The van der Waals surface area contributed by atoms with Crippen LogP contribution in [0.1, 0.15) is 57.9 Å². The Bertz CT molecular complexity index is 356. The molecule has 0 aliphatic carbocycles. The molecule has 1 atom stereocenters. The lowest BCUT2D eigenvalue weighted by Gasteiger charge is -2.16. The topological polar surface area (TPSA) is 68.2 Å². The van der Waals surface area contributed by atoms with Crippen molar-refractivity contribution in [1.82, 2.24) is 10.1 Å². The Kier molecular flexibility index (Phi) is 4.58. The van der Waals surface area contributed by atoms with E-state index in [-0.39, 0.29) is 6.04 Å². The summed E-state index contributed by atoms with van der Waals surface area (Å²) in [5.41, 5.74) is 6.05. The van der Waals surface area contributed by atoms with Crippen molar-refractivity contribution in [2.24, 2.45) is 11.7 Å². The Hall–Kier alpha value is -1.10. The van der Waals surface area contributed by atoms with Gasteiger partial charge in [-0.05, 0) is 30.3 Å². The van der Waals surface area contributed by atoms with E-state index in [2.05, 4.69) is 28.9 Å². The van der Waals surface area contributed by atoms with Crippen molar-refractivity contribution < 1.29 is 4.52 Å². The fraction of sp³-hybridized carbons (Fsp3) is 0.846.